The summed E-state index contributed by atoms with van der Waals surface area (Å²) in [4.78, 5) is 16.1. The maximum atomic E-state index is 11.5. The van der Waals surface area contributed by atoms with Gasteiger partial charge in [0.2, 0.25) is 0 Å². The minimum absolute atomic E-state index is 0.998. The zero-order chi connectivity index (χ0) is 8.20. The highest BCUT2D eigenvalue weighted by molar-refractivity contribution is 7.46. The third kappa shape index (κ3) is 4.84. The summed E-state index contributed by atoms with van der Waals surface area (Å²) in [6.45, 7) is -2.18. The highest BCUT2D eigenvalue weighted by Gasteiger charge is 2.21. The molecule has 0 aliphatic heterocycles. The highest BCUT2D eigenvalue weighted by Crippen LogP contribution is 2.37. The predicted octanol–water partition coefficient (Wildman–Crippen LogP) is -0.136. The Morgan fingerprint density at radius 2 is 2.10 bits per heavy atom. The first kappa shape index (κ1) is 10.0. The number of phosphoric ester groups is 1. The molecule has 0 aliphatic rings. The molecule has 0 amide bonds. The Morgan fingerprint density at radius 3 is 2.20 bits per heavy atom. The fourth-order valence-corrected chi connectivity index (χ4v) is 0.803. The number of rotatable bonds is 4. The predicted molar refractivity (Wildman–Crippen MR) is 28.4 cm³/mol. The average Bonchev–Trinajstić information content (AvgIpc) is 1.81. The van der Waals surface area contributed by atoms with Crippen molar-refractivity contribution in [2.75, 3.05) is 13.3 Å². The molecule has 2 N–H and O–H groups in total. The van der Waals surface area contributed by atoms with Crippen LogP contribution < -0.4 is 0 Å². The summed E-state index contributed by atoms with van der Waals surface area (Å²) in [6.07, 6.45) is -1.54. The van der Waals surface area contributed by atoms with Gasteiger partial charge in [0.25, 0.3) is 0 Å². The number of phosphoric acid groups is 1. The summed E-state index contributed by atoms with van der Waals surface area (Å²) < 4.78 is 25.2. The third-order valence-electron chi connectivity index (χ3n) is 0.644. The molecule has 1 radical (unpaired) electrons. The molecule has 0 spiro atoms. The SMILES string of the molecule is [O]CC(CF)OP(=O)(O)O. The molecule has 1 unspecified atom stereocenters. The van der Waals surface area contributed by atoms with E-state index >= 15 is 0 Å². The van der Waals surface area contributed by atoms with Crippen LogP contribution in [0, 0.1) is 0 Å². The highest BCUT2D eigenvalue weighted by atomic mass is 31.2. The summed E-state index contributed by atoms with van der Waals surface area (Å²) in [5, 5.41) is 9.83. The molecular formula is C3H7FO5P. The molecule has 5 nitrogen and oxygen atoms in total. The summed E-state index contributed by atoms with van der Waals surface area (Å²) in [7, 11) is -4.69. The van der Waals surface area contributed by atoms with Gasteiger partial charge in [0.1, 0.15) is 19.4 Å². The van der Waals surface area contributed by atoms with Gasteiger partial charge in [-0.15, -0.1) is 0 Å². The molecule has 0 saturated heterocycles. The molecule has 10 heavy (non-hydrogen) atoms. The quantitative estimate of drug-likeness (QED) is 0.579. The molecule has 61 valence electrons. The van der Waals surface area contributed by atoms with Crippen molar-refractivity contribution in [1.29, 1.82) is 0 Å². The lowest BCUT2D eigenvalue weighted by Gasteiger charge is -2.10. The molecule has 0 aliphatic carbocycles. The van der Waals surface area contributed by atoms with Crippen LogP contribution in [0.15, 0.2) is 0 Å². The van der Waals surface area contributed by atoms with Gasteiger partial charge in [0.05, 0.1) is 0 Å². The molecule has 0 saturated carbocycles. The van der Waals surface area contributed by atoms with Gasteiger partial charge in [-0.25, -0.2) is 14.1 Å². The minimum Gasteiger partial charge on any atom is -0.303 e. The number of hydrogen-bond acceptors (Lipinski definition) is 2. The van der Waals surface area contributed by atoms with Crippen LogP contribution in [0.25, 0.3) is 0 Å². The average molecular weight is 173 g/mol. The Morgan fingerprint density at radius 1 is 1.60 bits per heavy atom. The second-order valence-corrected chi connectivity index (χ2v) is 2.73. The van der Waals surface area contributed by atoms with E-state index in [4.69, 9.17) is 9.79 Å². The van der Waals surface area contributed by atoms with Crippen LogP contribution in [0.2, 0.25) is 0 Å². The number of alkyl halides is 1. The number of hydrogen-bond donors (Lipinski definition) is 2. The molecule has 1 atom stereocenters. The first-order valence-electron chi connectivity index (χ1n) is 2.37. The Hall–Kier alpha value is -0.0000000000000000416. The van der Waals surface area contributed by atoms with Crippen LogP contribution in [-0.4, -0.2) is 29.2 Å². The Kier molecular flexibility index (Phi) is 4.00. The van der Waals surface area contributed by atoms with Crippen molar-refractivity contribution in [3.8, 4) is 0 Å². The van der Waals surface area contributed by atoms with E-state index < -0.39 is 27.2 Å². The van der Waals surface area contributed by atoms with E-state index in [1.54, 1.807) is 0 Å². The summed E-state index contributed by atoms with van der Waals surface area (Å²) in [5.41, 5.74) is 0. The van der Waals surface area contributed by atoms with Gasteiger partial charge in [-0.1, -0.05) is 0 Å². The van der Waals surface area contributed by atoms with Gasteiger partial charge < -0.3 is 9.79 Å². The van der Waals surface area contributed by atoms with Crippen LogP contribution in [-0.2, 0) is 14.2 Å². The van der Waals surface area contributed by atoms with Crippen molar-refractivity contribution in [1.82, 2.24) is 0 Å². The van der Waals surface area contributed by atoms with Crippen LogP contribution in [0.1, 0.15) is 0 Å². The maximum Gasteiger partial charge on any atom is 0.470 e. The van der Waals surface area contributed by atoms with Crippen molar-refractivity contribution in [3.05, 3.63) is 0 Å². The van der Waals surface area contributed by atoms with Gasteiger partial charge in [-0.3, -0.25) is 4.52 Å². The van der Waals surface area contributed by atoms with Crippen LogP contribution in [0.4, 0.5) is 4.39 Å². The van der Waals surface area contributed by atoms with Crippen molar-refractivity contribution >= 4 is 7.82 Å². The van der Waals surface area contributed by atoms with E-state index in [1.165, 1.54) is 0 Å². The fourth-order valence-electron chi connectivity index (χ4n) is 0.297. The normalized spacial score (nSPS) is 15.2. The first-order valence-corrected chi connectivity index (χ1v) is 3.90. The maximum absolute atomic E-state index is 11.5. The summed E-state index contributed by atoms with van der Waals surface area (Å²) in [6, 6.07) is 0. The number of halogens is 1. The van der Waals surface area contributed by atoms with Crippen molar-refractivity contribution in [3.63, 3.8) is 0 Å². The molecule has 0 fully saturated rings. The monoisotopic (exact) mass is 173 g/mol. The second-order valence-electron chi connectivity index (χ2n) is 1.54. The fraction of sp³-hybridized carbons (Fsp3) is 1.00. The van der Waals surface area contributed by atoms with Gasteiger partial charge in [0.15, 0.2) is 0 Å². The molecule has 0 aromatic carbocycles. The van der Waals surface area contributed by atoms with Crippen molar-refractivity contribution < 1.29 is 28.4 Å². The Labute approximate surface area is 56.7 Å². The topological polar surface area (TPSA) is 86.7 Å². The van der Waals surface area contributed by atoms with Gasteiger partial charge in [-0.2, -0.15) is 0 Å². The molecule has 0 aromatic heterocycles. The van der Waals surface area contributed by atoms with Crippen molar-refractivity contribution in [2.45, 2.75) is 6.10 Å². The minimum atomic E-state index is -4.69. The van der Waals surface area contributed by atoms with Gasteiger partial charge in [0, 0.05) is 0 Å². The van der Waals surface area contributed by atoms with Crippen molar-refractivity contribution in [2.24, 2.45) is 0 Å². The van der Waals surface area contributed by atoms with E-state index in [2.05, 4.69) is 4.52 Å². The van der Waals surface area contributed by atoms with Crippen LogP contribution >= 0.6 is 7.82 Å². The van der Waals surface area contributed by atoms with Crippen LogP contribution in [0.5, 0.6) is 0 Å². The van der Waals surface area contributed by atoms with E-state index in [1.807, 2.05) is 0 Å². The third-order valence-corrected chi connectivity index (χ3v) is 1.22. The Bertz CT molecular complexity index is 129. The lowest BCUT2D eigenvalue weighted by atomic mass is 10.4. The molecule has 7 heteroatoms. The summed E-state index contributed by atoms with van der Waals surface area (Å²) >= 11 is 0. The van der Waals surface area contributed by atoms with E-state index in [-0.39, 0.29) is 0 Å². The zero-order valence-corrected chi connectivity index (χ0v) is 5.83. The molecule has 0 bridgehead atoms. The van der Waals surface area contributed by atoms with Crippen LogP contribution in [0.3, 0.4) is 0 Å². The van der Waals surface area contributed by atoms with E-state index in [0.717, 1.165) is 0 Å². The molecular weight excluding hydrogens is 166 g/mol. The molecule has 0 heterocycles. The lowest BCUT2D eigenvalue weighted by molar-refractivity contribution is 0.0347. The smallest absolute Gasteiger partial charge is 0.303 e. The zero-order valence-electron chi connectivity index (χ0n) is 4.94. The van der Waals surface area contributed by atoms with E-state index in [9.17, 15) is 14.1 Å². The molecule has 0 rings (SSSR count). The van der Waals surface area contributed by atoms with Gasteiger partial charge >= 0.3 is 7.82 Å². The molecule has 0 aromatic rings. The van der Waals surface area contributed by atoms with Gasteiger partial charge in [-0.05, 0) is 0 Å². The lowest BCUT2D eigenvalue weighted by Crippen LogP contribution is -2.17. The first-order chi connectivity index (χ1) is 4.49. The second kappa shape index (κ2) is 4.00. The largest absolute Gasteiger partial charge is 0.470 e. The standard InChI is InChI=1S/C3H7FO5P/c4-1-3(2-5)9-10(6,7)8/h3H,1-2H2,(H2,6,7,8). The summed E-state index contributed by atoms with van der Waals surface area (Å²) in [5.74, 6) is 0. The van der Waals surface area contributed by atoms with E-state index in [0.29, 0.717) is 0 Å². The Balaban J connectivity index is 3.75.